The van der Waals surface area contributed by atoms with Crippen molar-refractivity contribution in [3.05, 3.63) is 60.4 Å². The van der Waals surface area contributed by atoms with Crippen molar-refractivity contribution in [1.82, 2.24) is 24.4 Å². The lowest BCUT2D eigenvalue weighted by atomic mass is 9.96. The summed E-state index contributed by atoms with van der Waals surface area (Å²) in [4.78, 5) is 27.2. The van der Waals surface area contributed by atoms with Gasteiger partial charge in [-0.05, 0) is 38.7 Å². The van der Waals surface area contributed by atoms with Gasteiger partial charge in [-0.2, -0.15) is 0 Å². The molecule has 0 saturated carbocycles. The Morgan fingerprint density at radius 2 is 2.11 bits per heavy atom. The number of nitrogens with zero attached hydrogens (tertiary/aromatic N) is 4. The molecule has 27 heavy (non-hydrogen) atoms. The van der Waals surface area contributed by atoms with Crippen molar-refractivity contribution >= 4 is 5.91 Å². The molecule has 1 aliphatic heterocycles. The topological polar surface area (TPSA) is 66.8 Å². The molecule has 3 aromatic rings. The number of piperidine rings is 1. The van der Waals surface area contributed by atoms with E-state index >= 15 is 0 Å². The van der Waals surface area contributed by atoms with Gasteiger partial charge in [0.25, 0.3) is 5.91 Å². The molecular weight excluding hydrogens is 338 g/mol. The molecule has 1 N–H and O–H groups in total. The molecule has 1 fully saturated rings. The second kappa shape index (κ2) is 7.78. The summed E-state index contributed by atoms with van der Waals surface area (Å²) < 4.78 is 2.16. The highest BCUT2D eigenvalue weighted by molar-refractivity contribution is 6.00. The van der Waals surface area contributed by atoms with Crippen LogP contribution in [0, 0.1) is 6.92 Å². The van der Waals surface area contributed by atoms with E-state index in [1.807, 2.05) is 43.6 Å². The Labute approximate surface area is 159 Å². The van der Waals surface area contributed by atoms with Crippen molar-refractivity contribution in [3.8, 4) is 11.4 Å². The molecule has 4 rings (SSSR count). The molecule has 6 heteroatoms. The van der Waals surface area contributed by atoms with Gasteiger partial charge >= 0.3 is 0 Å². The van der Waals surface area contributed by atoms with Gasteiger partial charge in [0.05, 0.1) is 5.56 Å². The van der Waals surface area contributed by atoms with Gasteiger partial charge in [-0.15, -0.1) is 0 Å². The molecule has 0 spiro atoms. The second-order valence-corrected chi connectivity index (χ2v) is 7.09. The molecule has 0 radical (unpaired) electrons. The third-order valence-corrected chi connectivity index (χ3v) is 5.43. The fourth-order valence-electron chi connectivity index (χ4n) is 3.94. The van der Waals surface area contributed by atoms with Crippen molar-refractivity contribution in [2.75, 3.05) is 6.54 Å². The average Bonchev–Trinajstić information content (AvgIpc) is 3.38. The second-order valence-electron chi connectivity index (χ2n) is 7.09. The highest BCUT2D eigenvalue weighted by Crippen LogP contribution is 2.27. The zero-order chi connectivity index (χ0) is 18.6. The zero-order valence-corrected chi connectivity index (χ0v) is 15.6. The Morgan fingerprint density at radius 1 is 1.22 bits per heavy atom. The van der Waals surface area contributed by atoms with Gasteiger partial charge in [-0.25, -0.2) is 9.97 Å². The first-order valence-corrected chi connectivity index (χ1v) is 9.61. The van der Waals surface area contributed by atoms with Gasteiger partial charge in [0.1, 0.15) is 11.6 Å². The van der Waals surface area contributed by atoms with E-state index in [-0.39, 0.29) is 11.9 Å². The van der Waals surface area contributed by atoms with Crippen LogP contribution in [0.1, 0.15) is 41.9 Å². The van der Waals surface area contributed by atoms with Crippen LogP contribution in [0.4, 0.5) is 0 Å². The van der Waals surface area contributed by atoms with E-state index in [0.717, 1.165) is 55.1 Å². The molecule has 1 atom stereocenters. The molecule has 0 aliphatic carbocycles. The molecule has 0 bridgehead atoms. The van der Waals surface area contributed by atoms with E-state index in [9.17, 15) is 4.79 Å². The minimum absolute atomic E-state index is 0.106. The molecular formula is C21H25N5O. The van der Waals surface area contributed by atoms with Gasteiger partial charge in [0.15, 0.2) is 0 Å². The number of carbonyl (C=O) groups is 1. The van der Waals surface area contributed by atoms with E-state index in [1.54, 1.807) is 12.4 Å². The van der Waals surface area contributed by atoms with Crippen LogP contribution in [0.3, 0.4) is 0 Å². The van der Waals surface area contributed by atoms with Crippen LogP contribution in [-0.4, -0.2) is 42.9 Å². The van der Waals surface area contributed by atoms with Crippen molar-refractivity contribution in [2.24, 2.45) is 0 Å². The maximum absolute atomic E-state index is 13.4. The van der Waals surface area contributed by atoms with Gasteiger partial charge in [0.2, 0.25) is 0 Å². The Bertz CT molecular complexity index is 899. The summed E-state index contributed by atoms with van der Waals surface area (Å²) in [5.74, 6) is 1.86. The van der Waals surface area contributed by atoms with Crippen LogP contribution in [-0.2, 0) is 6.54 Å². The van der Waals surface area contributed by atoms with Gasteiger partial charge in [-0.3, -0.25) is 4.79 Å². The molecule has 0 unspecified atom stereocenters. The standard InChI is InChI=1S/C21H25N5O/c1-16-22-12-15-25(16)14-9-17-6-4-5-13-26(17)21(27)19-8-3-2-7-18(19)20-23-10-11-24-20/h2-3,7-8,10-12,15,17H,4-6,9,13-14H2,1H3,(H,23,24)/t17-/m0/s1. The molecule has 2 aromatic heterocycles. The predicted octanol–water partition coefficient (Wildman–Crippen LogP) is 3.67. The van der Waals surface area contributed by atoms with Crippen LogP contribution in [0.2, 0.25) is 0 Å². The highest BCUT2D eigenvalue weighted by atomic mass is 16.2. The van der Waals surface area contributed by atoms with E-state index in [4.69, 9.17) is 0 Å². The van der Waals surface area contributed by atoms with Crippen LogP contribution >= 0.6 is 0 Å². The number of rotatable bonds is 5. The number of likely N-dealkylation sites (tertiary alicyclic amines) is 1. The third-order valence-electron chi connectivity index (χ3n) is 5.43. The summed E-state index contributed by atoms with van der Waals surface area (Å²) in [6.07, 6.45) is 11.6. The number of aromatic amines is 1. The molecule has 1 aromatic carbocycles. The van der Waals surface area contributed by atoms with Crippen LogP contribution in [0.25, 0.3) is 11.4 Å². The third kappa shape index (κ3) is 3.65. The number of benzene rings is 1. The van der Waals surface area contributed by atoms with E-state index in [1.165, 1.54) is 6.42 Å². The summed E-state index contributed by atoms with van der Waals surface area (Å²) >= 11 is 0. The SMILES string of the molecule is Cc1nccn1CC[C@@H]1CCCCN1C(=O)c1ccccc1-c1ncc[nH]1. The van der Waals surface area contributed by atoms with E-state index < -0.39 is 0 Å². The molecule has 1 amide bonds. The lowest BCUT2D eigenvalue weighted by Crippen LogP contribution is -2.44. The number of nitrogens with one attached hydrogen (secondary N) is 1. The Hall–Kier alpha value is -2.89. The quantitative estimate of drug-likeness (QED) is 0.752. The highest BCUT2D eigenvalue weighted by Gasteiger charge is 2.29. The minimum atomic E-state index is 0.106. The lowest BCUT2D eigenvalue weighted by molar-refractivity contribution is 0.0596. The lowest BCUT2D eigenvalue weighted by Gasteiger charge is -2.36. The Morgan fingerprint density at radius 3 is 2.89 bits per heavy atom. The van der Waals surface area contributed by atoms with Crippen molar-refractivity contribution in [1.29, 1.82) is 0 Å². The molecule has 3 heterocycles. The van der Waals surface area contributed by atoms with Crippen LogP contribution in [0.15, 0.2) is 49.1 Å². The van der Waals surface area contributed by atoms with Gasteiger partial charge in [0, 0.05) is 49.5 Å². The van der Waals surface area contributed by atoms with Gasteiger partial charge in [-0.1, -0.05) is 18.2 Å². The fourth-order valence-corrected chi connectivity index (χ4v) is 3.94. The first-order chi connectivity index (χ1) is 13.2. The number of carbonyl (C=O) groups excluding carboxylic acids is 1. The van der Waals surface area contributed by atoms with E-state index in [0.29, 0.717) is 0 Å². The smallest absolute Gasteiger partial charge is 0.254 e. The summed E-state index contributed by atoms with van der Waals surface area (Å²) in [6, 6.07) is 8.00. The van der Waals surface area contributed by atoms with Crippen molar-refractivity contribution < 1.29 is 4.79 Å². The first-order valence-electron chi connectivity index (χ1n) is 9.61. The summed E-state index contributed by atoms with van der Waals surface area (Å²) in [5, 5.41) is 0. The minimum Gasteiger partial charge on any atom is -0.345 e. The average molecular weight is 363 g/mol. The summed E-state index contributed by atoms with van der Waals surface area (Å²) in [6.45, 7) is 3.72. The number of hydrogen-bond donors (Lipinski definition) is 1. The zero-order valence-electron chi connectivity index (χ0n) is 15.6. The van der Waals surface area contributed by atoms with Gasteiger partial charge < -0.3 is 14.5 Å². The number of hydrogen-bond acceptors (Lipinski definition) is 3. The van der Waals surface area contributed by atoms with Crippen LogP contribution in [0.5, 0.6) is 0 Å². The maximum Gasteiger partial charge on any atom is 0.254 e. The summed E-state index contributed by atoms with van der Waals surface area (Å²) in [5.41, 5.74) is 1.58. The Balaban J connectivity index is 1.55. The van der Waals surface area contributed by atoms with Crippen LogP contribution < -0.4 is 0 Å². The maximum atomic E-state index is 13.4. The first kappa shape index (κ1) is 17.5. The molecule has 1 saturated heterocycles. The number of amides is 1. The summed E-state index contributed by atoms with van der Waals surface area (Å²) in [7, 11) is 0. The Kier molecular flexibility index (Phi) is 5.05. The van der Waals surface area contributed by atoms with Crippen molar-refractivity contribution in [3.63, 3.8) is 0 Å². The molecule has 6 nitrogen and oxygen atoms in total. The van der Waals surface area contributed by atoms with E-state index in [2.05, 4.69) is 24.4 Å². The number of H-pyrrole nitrogens is 1. The fraction of sp³-hybridized carbons (Fsp3) is 0.381. The number of imidazole rings is 2. The normalized spacial score (nSPS) is 17.2. The number of aromatic nitrogens is 4. The monoisotopic (exact) mass is 363 g/mol. The van der Waals surface area contributed by atoms with Crippen molar-refractivity contribution in [2.45, 2.75) is 45.2 Å². The number of aryl methyl sites for hydroxylation is 2. The molecule has 1 aliphatic rings. The largest absolute Gasteiger partial charge is 0.345 e. The predicted molar refractivity (Wildman–Crippen MR) is 104 cm³/mol. The molecule has 140 valence electrons.